The normalized spacial score (nSPS) is 9.94. The second-order valence-corrected chi connectivity index (χ2v) is 3.50. The molecule has 0 atom stereocenters. The van der Waals surface area contributed by atoms with Crippen molar-refractivity contribution in [2.45, 2.75) is 0 Å². The second-order valence-electron chi connectivity index (χ2n) is 3.50. The molecule has 0 bridgehead atoms. The number of hydrogen-bond donors (Lipinski definition) is 1. The lowest BCUT2D eigenvalue weighted by Crippen LogP contribution is -2.05. The molecule has 0 aromatic heterocycles. The molecular formula is C14H12O3. The Bertz CT molecular complexity index is 489. The fraction of sp³-hybridized carbons (Fsp3) is 0.0714. The van der Waals surface area contributed by atoms with Gasteiger partial charge in [-0.2, -0.15) is 0 Å². The van der Waals surface area contributed by atoms with E-state index >= 15 is 0 Å². The summed E-state index contributed by atoms with van der Waals surface area (Å²) in [5.41, 5.74) is 2.56. The van der Waals surface area contributed by atoms with Gasteiger partial charge in [-0.25, -0.2) is 4.79 Å². The predicted octanol–water partition coefficient (Wildman–Crippen LogP) is 2.46. The number of carbonyl (C=O) groups is 1. The summed E-state index contributed by atoms with van der Waals surface area (Å²) in [6, 6.07) is 16.9. The Labute approximate surface area is 99.3 Å². The van der Waals surface area contributed by atoms with E-state index in [1.54, 1.807) is 12.1 Å². The molecule has 0 heterocycles. The second kappa shape index (κ2) is 5.27. The van der Waals surface area contributed by atoms with Gasteiger partial charge in [0.05, 0.1) is 5.56 Å². The van der Waals surface area contributed by atoms with Crippen molar-refractivity contribution in [3.8, 4) is 11.1 Å². The number of hydrogen-bond acceptors (Lipinski definition) is 3. The van der Waals surface area contributed by atoms with Gasteiger partial charge in [-0.3, -0.25) is 0 Å². The first-order chi connectivity index (χ1) is 8.31. The maximum absolute atomic E-state index is 11.3. The van der Waals surface area contributed by atoms with E-state index in [1.807, 2.05) is 42.5 Å². The summed E-state index contributed by atoms with van der Waals surface area (Å²) in [6.45, 7) is -0.598. The van der Waals surface area contributed by atoms with Gasteiger partial charge in [0.25, 0.3) is 0 Å². The van der Waals surface area contributed by atoms with Crippen LogP contribution in [0.3, 0.4) is 0 Å². The SMILES string of the molecule is O=C(OCO)c1ccc(-c2ccccc2)cc1. The first kappa shape index (κ1) is 11.4. The van der Waals surface area contributed by atoms with E-state index in [1.165, 1.54) is 0 Å². The van der Waals surface area contributed by atoms with Gasteiger partial charge in [0.15, 0.2) is 6.79 Å². The van der Waals surface area contributed by atoms with E-state index in [0.717, 1.165) is 11.1 Å². The lowest BCUT2D eigenvalue weighted by molar-refractivity contribution is 0.00684. The molecule has 0 amide bonds. The molecule has 3 nitrogen and oxygen atoms in total. The summed E-state index contributed by atoms with van der Waals surface area (Å²) in [4.78, 5) is 11.3. The quantitative estimate of drug-likeness (QED) is 0.648. The molecule has 0 saturated carbocycles. The summed E-state index contributed by atoms with van der Waals surface area (Å²) in [6.07, 6.45) is 0. The smallest absolute Gasteiger partial charge is 0.340 e. The third-order valence-corrected chi connectivity index (χ3v) is 2.42. The van der Waals surface area contributed by atoms with Crippen LogP contribution in [0.2, 0.25) is 0 Å². The average Bonchev–Trinajstić information content (AvgIpc) is 2.40. The minimum atomic E-state index is -0.598. The molecule has 2 aromatic carbocycles. The van der Waals surface area contributed by atoms with Crippen molar-refractivity contribution in [2.75, 3.05) is 6.79 Å². The number of esters is 1. The molecule has 0 radical (unpaired) electrons. The highest BCUT2D eigenvalue weighted by molar-refractivity contribution is 5.90. The van der Waals surface area contributed by atoms with Crippen LogP contribution < -0.4 is 0 Å². The number of aliphatic hydroxyl groups excluding tert-OH is 1. The maximum Gasteiger partial charge on any atom is 0.340 e. The molecule has 0 fully saturated rings. The predicted molar refractivity (Wildman–Crippen MR) is 64.4 cm³/mol. The molecule has 1 N–H and O–H groups in total. The van der Waals surface area contributed by atoms with Crippen LogP contribution in [0.15, 0.2) is 54.6 Å². The first-order valence-corrected chi connectivity index (χ1v) is 5.25. The summed E-state index contributed by atoms with van der Waals surface area (Å²) in [7, 11) is 0. The number of rotatable bonds is 3. The van der Waals surface area contributed by atoms with Gasteiger partial charge in [-0.1, -0.05) is 42.5 Å². The van der Waals surface area contributed by atoms with E-state index in [9.17, 15) is 4.79 Å². The molecule has 0 aliphatic heterocycles. The van der Waals surface area contributed by atoms with Crippen molar-refractivity contribution >= 4 is 5.97 Å². The van der Waals surface area contributed by atoms with Gasteiger partial charge in [0.2, 0.25) is 0 Å². The third-order valence-electron chi connectivity index (χ3n) is 2.42. The van der Waals surface area contributed by atoms with Crippen LogP contribution in [0.1, 0.15) is 10.4 Å². The number of ether oxygens (including phenoxy) is 1. The molecule has 0 aliphatic carbocycles. The molecule has 0 unspecified atom stereocenters. The first-order valence-electron chi connectivity index (χ1n) is 5.25. The molecule has 2 rings (SSSR count). The monoisotopic (exact) mass is 228 g/mol. The van der Waals surface area contributed by atoms with Crippen LogP contribution in [0.25, 0.3) is 11.1 Å². The Morgan fingerprint density at radius 3 is 2.12 bits per heavy atom. The van der Waals surface area contributed by atoms with Gasteiger partial charge in [-0.05, 0) is 23.3 Å². The van der Waals surface area contributed by atoms with Crippen LogP contribution in [0.5, 0.6) is 0 Å². The van der Waals surface area contributed by atoms with Crippen molar-refractivity contribution in [1.82, 2.24) is 0 Å². The summed E-state index contributed by atoms with van der Waals surface area (Å²) < 4.78 is 4.49. The molecule has 0 saturated heterocycles. The Morgan fingerprint density at radius 2 is 1.53 bits per heavy atom. The Balaban J connectivity index is 2.22. The van der Waals surface area contributed by atoms with Gasteiger partial charge >= 0.3 is 5.97 Å². The van der Waals surface area contributed by atoms with E-state index in [4.69, 9.17) is 5.11 Å². The van der Waals surface area contributed by atoms with E-state index < -0.39 is 12.8 Å². The van der Waals surface area contributed by atoms with Crippen LogP contribution in [-0.4, -0.2) is 17.9 Å². The van der Waals surface area contributed by atoms with Crippen LogP contribution in [-0.2, 0) is 4.74 Å². The van der Waals surface area contributed by atoms with Crippen molar-refractivity contribution in [3.05, 3.63) is 60.2 Å². The molecule has 0 spiro atoms. The summed E-state index contributed by atoms with van der Waals surface area (Å²) in [5.74, 6) is -0.521. The minimum Gasteiger partial charge on any atom is -0.435 e. The van der Waals surface area contributed by atoms with Gasteiger partial charge in [0.1, 0.15) is 0 Å². The summed E-state index contributed by atoms with van der Waals surface area (Å²) in [5, 5.41) is 8.49. The largest absolute Gasteiger partial charge is 0.435 e. The number of aliphatic hydroxyl groups is 1. The van der Waals surface area contributed by atoms with Crippen molar-refractivity contribution in [3.63, 3.8) is 0 Å². The number of carbonyl (C=O) groups excluding carboxylic acids is 1. The zero-order valence-corrected chi connectivity index (χ0v) is 9.17. The van der Waals surface area contributed by atoms with E-state index in [0.29, 0.717) is 5.56 Å². The molecule has 0 aliphatic rings. The Morgan fingerprint density at radius 1 is 0.941 bits per heavy atom. The van der Waals surface area contributed by atoms with Crippen LogP contribution in [0, 0.1) is 0 Å². The van der Waals surface area contributed by atoms with Gasteiger partial charge in [-0.15, -0.1) is 0 Å². The Hall–Kier alpha value is -2.13. The minimum absolute atomic E-state index is 0.429. The standard InChI is InChI=1S/C14H12O3/c15-10-17-14(16)13-8-6-12(7-9-13)11-4-2-1-3-5-11/h1-9,15H,10H2. The van der Waals surface area contributed by atoms with Crippen molar-refractivity contribution in [2.24, 2.45) is 0 Å². The zero-order chi connectivity index (χ0) is 12.1. The molecular weight excluding hydrogens is 216 g/mol. The molecule has 86 valence electrons. The Kier molecular flexibility index (Phi) is 3.52. The molecule has 17 heavy (non-hydrogen) atoms. The zero-order valence-electron chi connectivity index (χ0n) is 9.17. The average molecular weight is 228 g/mol. The summed E-state index contributed by atoms with van der Waals surface area (Å²) >= 11 is 0. The van der Waals surface area contributed by atoms with E-state index in [2.05, 4.69) is 4.74 Å². The highest BCUT2D eigenvalue weighted by atomic mass is 16.6. The lowest BCUT2D eigenvalue weighted by Gasteiger charge is -2.03. The van der Waals surface area contributed by atoms with Gasteiger partial charge < -0.3 is 9.84 Å². The van der Waals surface area contributed by atoms with Gasteiger partial charge in [0, 0.05) is 0 Å². The fourth-order valence-corrected chi connectivity index (χ4v) is 1.57. The third kappa shape index (κ3) is 2.71. The van der Waals surface area contributed by atoms with Crippen molar-refractivity contribution < 1.29 is 14.6 Å². The highest BCUT2D eigenvalue weighted by Gasteiger charge is 2.06. The fourth-order valence-electron chi connectivity index (χ4n) is 1.57. The van der Waals surface area contributed by atoms with Crippen LogP contribution in [0.4, 0.5) is 0 Å². The number of benzene rings is 2. The molecule has 2 aromatic rings. The maximum atomic E-state index is 11.3. The lowest BCUT2D eigenvalue weighted by atomic mass is 10.0. The topological polar surface area (TPSA) is 46.5 Å². The van der Waals surface area contributed by atoms with Crippen LogP contribution >= 0.6 is 0 Å². The van der Waals surface area contributed by atoms with E-state index in [-0.39, 0.29) is 0 Å². The van der Waals surface area contributed by atoms with Crippen molar-refractivity contribution in [1.29, 1.82) is 0 Å². The highest BCUT2D eigenvalue weighted by Crippen LogP contribution is 2.19. The molecule has 3 heteroatoms.